The first kappa shape index (κ1) is 26.7. The van der Waals surface area contributed by atoms with Gasteiger partial charge in [0.1, 0.15) is 36.3 Å². The first-order valence-corrected chi connectivity index (χ1v) is 13.7. The molecule has 5 heterocycles. The van der Waals surface area contributed by atoms with Crippen LogP contribution in [0.2, 0.25) is 10.0 Å². The fraction of sp³-hybridized carbons (Fsp3) is 0.481. The summed E-state index contributed by atoms with van der Waals surface area (Å²) in [5, 5.41) is 4.78. The molecular weight excluding hydrogens is 550 g/mol. The zero-order valence-electron chi connectivity index (χ0n) is 21.3. The van der Waals surface area contributed by atoms with Crippen LogP contribution in [0, 0.1) is 5.82 Å². The quantitative estimate of drug-likeness (QED) is 0.373. The molecule has 0 aliphatic carbocycles. The van der Waals surface area contributed by atoms with E-state index in [0.717, 1.165) is 37.0 Å². The van der Waals surface area contributed by atoms with Gasteiger partial charge in [-0.25, -0.2) is 9.37 Å². The van der Waals surface area contributed by atoms with Crippen molar-refractivity contribution in [1.29, 1.82) is 0 Å². The van der Waals surface area contributed by atoms with E-state index in [1.807, 2.05) is 10.9 Å². The van der Waals surface area contributed by atoms with E-state index >= 15 is 0 Å². The Balaban J connectivity index is 1.16. The van der Waals surface area contributed by atoms with Crippen LogP contribution >= 0.6 is 23.2 Å². The molecule has 0 spiro atoms. The van der Waals surface area contributed by atoms with Crippen LogP contribution in [0.3, 0.4) is 0 Å². The lowest BCUT2D eigenvalue weighted by Gasteiger charge is -2.27. The number of benzene rings is 1. The number of halogens is 3. The van der Waals surface area contributed by atoms with Gasteiger partial charge in [-0.2, -0.15) is 5.10 Å². The van der Waals surface area contributed by atoms with Crippen LogP contribution in [-0.2, 0) is 18.9 Å². The third kappa shape index (κ3) is 5.33. The molecule has 2 N–H and O–H groups in total. The van der Waals surface area contributed by atoms with Crippen molar-refractivity contribution in [2.45, 2.75) is 62.9 Å². The minimum Gasteiger partial charge on any atom is -0.482 e. The molecule has 3 aliphatic rings. The Morgan fingerprint density at radius 3 is 2.77 bits per heavy atom. The summed E-state index contributed by atoms with van der Waals surface area (Å²) < 4.78 is 46.0. The van der Waals surface area contributed by atoms with Crippen LogP contribution in [0.1, 0.15) is 43.9 Å². The average Bonchev–Trinajstić information content (AvgIpc) is 3.66. The van der Waals surface area contributed by atoms with E-state index < -0.39 is 11.9 Å². The highest BCUT2D eigenvalue weighted by molar-refractivity contribution is 6.36. The number of fused-ring (bicyclic) bond motifs is 1. The highest BCUT2D eigenvalue weighted by Crippen LogP contribution is 2.39. The largest absolute Gasteiger partial charge is 0.482 e. The maximum Gasteiger partial charge on any atom is 0.166 e. The molecule has 3 fully saturated rings. The third-order valence-corrected chi connectivity index (χ3v) is 8.11. The van der Waals surface area contributed by atoms with Crippen molar-refractivity contribution in [3.63, 3.8) is 0 Å². The lowest BCUT2D eigenvalue weighted by Crippen LogP contribution is -2.36. The summed E-state index contributed by atoms with van der Waals surface area (Å²) in [4.78, 5) is 4.29. The summed E-state index contributed by atoms with van der Waals surface area (Å²) in [6.07, 6.45) is 6.98. The Labute approximate surface area is 235 Å². The number of hydrogen-bond donors (Lipinski definition) is 1. The summed E-state index contributed by atoms with van der Waals surface area (Å²) in [5.41, 5.74) is 7.98. The summed E-state index contributed by atoms with van der Waals surface area (Å²) in [6.45, 7) is 3.36. The van der Waals surface area contributed by atoms with Gasteiger partial charge in [-0.15, -0.1) is 0 Å². The number of nitrogens with zero attached hydrogens (tertiary/aromatic N) is 3. The molecule has 2 aromatic heterocycles. The van der Waals surface area contributed by atoms with Crippen LogP contribution in [0.5, 0.6) is 5.75 Å². The van der Waals surface area contributed by atoms with Crippen molar-refractivity contribution in [3.05, 3.63) is 58.2 Å². The van der Waals surface area contributed by atoms with Crippen LogP contribution in [-0.4, -0.2) is 59.2 Å². The molecule has 0 bridgehead atoms. The Bertz CT molecular complexity index is 1340. The van der Waals surface area contributed by atoms with E-state index in [1.54, 1.807) is 25.4 Å². The van der Waals surface area contributed by atoms with Gasteiger partial charge in [0.25, 0.3) is 0 Å². The molecule has 3 aromatic rings. The maximum absolute atomic E-state index is 14.0. The molecule has 12 heteroatoms. The number of rotatable bonds is 7. The van der Waals surface area contributed by atoms with Gasteiger partial charge in [0.05, 0.1) is 24.4 Å². The number of aromatic nitrogens is 3. The van der Waals surface area contributed by atoms with E-state index in [-0.39, 0.29) is 41.5 Å². The molecule has 9 nitrogen and oxygen atoms in total. The fourth-order valence-electron chi connectivity index (χ4n) is 5.34. The molecule has 2 unspecified atom stereocenters. The van der Waals surface area contributed by atoms with Gasteiger partial charge in [-0.05, 0) is 44.4 Å². The van der Waals surface area contributed by atoms with Gasteiger partial charge in [0.2, 0.25) is 0 Å². The topological polar surface area (TPSA) is 103 Å². The Hall–Kier alpha value is -2.47. The number of ether oxygens (including phenoxy) is 5. The maximum atomic E-state index is 14.0. The zero-order chi connectivity index (χ0) is 27.1. The van der Waals surface area contributed by atoms with Crippen molar-refractivity contribution < 1.29 is 28.1 Å². The summed E-state index contributed by atoms with van der Waals surface area (Å²) in [7, 11) is 0. The van der Waals surface area contributed by atoms with Crippen molar-refractivity contribution in [1.82, 2.24) is 14.8 Å². The van der Waals surface area contributed by atoms with Crippen LogP contribution in [0.4, 0.5) is 10.2 Å². The van der Waals surface area contributed by atoms with E-state index in [9.17, 15) is 4.39 Å². The number of nitrogen functional groups attached to an aromatic ring is 1. The van der Waals surface area contributed by atoms with Gasteiger partial charge >= 0.3 is 0 Å². The summed E-state index contributed by atoms with van der Waals surface area (Å²) in [5.74, 6) is -0.0816. The molecule has 208 valence electrons. The van der Waals surface area contributed by atoms with E-state index in [0.29, 0.717) is 29.5 Å². The number of nitrogens with two attached hydrogens (primary N) is 1. The highest BCUT2D eigenvalue weighted by atomic mass is 35.5. The van der Waals surface area contributed by atoms with Crippen molar-refractivity contribution in [3.8, 4) is 16.9 Å². The van der Waals surface area contributed by atoms with Gasteiger partial charge in [0, 0.05) is 40.7 Å². The minimum atomic E-state index is -0.677. The van der Waals surface area contributed by atoms with E-state index in [2.05, 4.69) is 10.1 Å². The second-order valence-corrected chi connectivity index (χ2v) is 10.8. The molecular formula is C27H29Cl2FN4O5. The predicted octanol–water partition coefficient (Wildman–Crippen LogP) is 5.36. The first-order valence-electron chi connectivity index (χ1n) is 13.0. The van der Waals surface area contributed by atoms with Gasteiger partial charge in [-0.1, -0.05) is 23.2 Å². The second-order valence-electron chi connectivity index (χ2n) is 9.97. The standard InChI is InChI=1S/C27H29Cl2FN4O5/c1-14(23-17(28)5-6-18(30)24(23)29)38-20-8-15(9-32-27(20)31)16-10-33-34(11-16)19-12-36-26-21(13-37-25(19)26)39-22-4-2-3-7-35-22/h5-6,8-11,14,19,21-22,25-26H,2-4,7,12-13H2,1H3,(H2,31,32)/t14-,19?,21+,22?,25+,26+/m1/s1. The molecule has 0 saturated carbocycles. The number of pyridine rings is 1. The Kier molecular flexibility index (Phi) is 7.67. The molecule has 3 aliphatic heterocycles. The van der Waals surface area contributed by atoms with Gasteiger partial charge in [-0.3, -0.25) is 4.68 Å². The lowest BCUT2D eigenvalue weighted by atomic mass is 10.1. The highest BCUT2D eigenvalue weighted by Gasteiger charge is 2.50. The van der Waals surface area contributed by atoms with Gasteiger partial charge in [0.15, 0.2) is 17.9 Å². The van der Waals surface area contributed by atoms with E-state index in [4.69, 9.17) is 52.6 Å². The predicted molar refractivity (Wildman–Crippen MR) is 142 cm³/mol. The number of anilines is 1. The Morgan fingerprint density at radius 1 is 1.10 bits per heavy atom. The van der Waals surface area contributed by atoms with E-state index in [1.165, 1.54) is 12.1 Å². The molecule has 6 rings (SSSR count). The first-order chi connectivity index (χ1) is 18.9. The van der Waals surface area contributed by atoms with Crippen LogP contribution in [0.15, 0.2) is 36.8 Å². The molecule has 1 aromatic carbocycles. The number of hydrogen-bond acceptors (Lipinski definition) is 8. The average molecular weight is 579 g/mol. The van der Waals surface area contributed by atoms with Crippen molar-refractivity contribution in [2.75, 3.05) is 25.6 Å². The summed E-state index contributed by atoms with van der Waals surface area (Å²) in [6, 6.07) is 4.31. The molecule has 0 radical (unpaired) electrons. The fourth-order valence-corrected chi connectivity index (χ4v) is 6.02. The Morgan fingerprint density at radius 2 is 1.95 bits per heavy atom. The summed E-state index contributed by atoms with van der Waals surface area (Å²) >= 11 is 12.4. The molecule has 6 atom stereocenters. The smallest absolute Gasteiger partial charge is 0.166 e. The van der Waals surface area contributed by atoms with Crippen LogP contribution in [0.25, 0.3) is 11.1 Å². The third-order valence-electron chi connectivity index (χ3n) is 7.39. The minimum absolute atomic E-state index is 0.0934. The molecule has 3 saturated heterocycles. The second kappa shape index (κ2) is 11.2. The lowest BCUT2D eigenvalue weighted by molar-refractivity contribution is -0.202. The SMILES string of the molecule is C[C@@H](Oc1cc(-c2cnn(C3CO[C@H]4[C@@H](OC5CCCCO5)CO[C@@H]34)c2)cnc1N)c1c(Cl)ccc(F)c1Cl. The monoisotopic (exact) mass is 578 g/mol. The van der Waals surface area contributed by atoms with Crippen molar-refractivity contribution >= 4 is 29.0 Å². The van der Waals surface area contributed by atoms with Crippen molar-refractivity contribution in [2.24, 2.45) is 0 Å². The zero-order valence-corrected chi connectivity index (χ0v) is 22.8. The normalized spacial score (nSPS) is 27.4. The van der Waals surface area contributed by atoms with Gasteiger partial charge < -0.3 is 29.4 Å². The molecule has 0 amide bonds. The van der Waals surface area contributed by atoms with Crippen LogP contribution < -0.4 is 10.5 Å². The molecule has 39 heavy (non-hydrogen) atoms.